The molecule has 0 spiro atoms. The first kappa shape index (κ1) is 25.5. The number of carbonyl (C=O) groups excluding carboxylic acids is 1. The van der Waals surface area contributed by atoms with Crippen LogP contribution in [0.2, 0.25) is 0 Å². The van der Waals surface area contributed by atoms with Gasteiger partial charge in [0.15, 0.2) is 0 Å². The molecule has 0 aromatic carbocycles. The van der Waals surface area contributed by atoms with Gasteiger partial charge in [-0.15, -0.1) is 22.7 Å². The first-order valence-electron chi connectivity index (χ1n) is 10.8. The molecular weight excluding hydrogens is 430 g/mol. The fourth-order valence-electron chi connectivity index (χ4n) is 3.99. The van der Waals surface area contributed by atoms with Crippen LogP contribution in [0.4, 0.5) is 0 Å². The summed E-state index contributed by atoms with van der Waals surface area (Å²) in [5.41, 5.74) is 5.41. The predicted molar refractivity (Wildman–Crippen MR) is 129 cm³/mol. The molecule has 1 saturated carbocycles. The van der Waals surface area contributed by atoms with Gasteiger partial charge >= 0.3 is 5.97 Å². The summed E-state index contributed by atoms with van der Waals surface area (Å²) in [5, 5.41) is 15.9. The molecule has 31 heavy (non-hydrogen) atoms. The molecule has 0 atom stereocenters. The number of carboxylic acids is 1. The number of thiophene rings is 2. The van der Waals surface area contributed by atoms with E-state index in [9.17, 15) is 9.59 Å². The lowest BCUT2D eigenvalue weighted by Gasteiger charge is -2.44. The molecule has 8 heteroatoms. The Bertz CT molecular complexity index is 768. The molecule has 2 heterocycles. The van der Waals surface area contributed by atoms with Crippen molar-refractivity contribution in [1.82, 2.24) is 10.2 Å². The van der Waals surface area contributed by atoms with Crippen molar-refractivity contribution >= 4 is 34.6 Å². The molecule has 0 radical (unpaired) electrons. The maximum Gasteiger partial charge on any atom is 0.303 e. The van der Waals surface area contributed by atoms with Gasteiger partial charge in [-0.2, -0.15) is 0 Å². The topological polar surface area (TPSA) is 95.7 Å². The van der Waals surface area contributed by atoms with Crippen LogP contribution in [-0.4, -0.2) is 48.6 Å². The van der Waals surface area contributed by atoms with E-state index >= 15 is 0 Å². The van der Waals surface area contributed by atoms with Crippen LogP contribution in [0.1, 0.15) is 54.7 Å². The van der Waals surface area contributed by atoms with Gasteiger partial charge in [-0.3, -0.25) is 14.5 Å². The molecule has 1 aliphatic carbocycles. The van der Waals surface area contributed by atoms with Crippen molar-refractivity contribution in [2.75, 3.05) is 20.6 Å². The number of amides is 1. The number of rotatable bonds is 9. The Labute approximate surface area is 193 Å². The number of nitrogens with one attached hydrogen (secondary N) is 1. The summed E-state index contributed by atoms with van der Waals surface area (Å²) in [4.78, 5) is 27.5. The summed E-state index contributed by atoms with van der Waals surface area (Å²) < 4.78 is 0. The highest BCUT2D eigenvalue weighted by atomic mass is 32.1. The summed E-state index contributed by atoms with van der Waals surface area (Å²) in [7, 11) is 4.26. The summed E-state index contributed by atoms with van der Waals surface area (Å²) in [6, 6.07) is 8.67. The Kier molecular flexibility index (Phi) is 10.7. The number of carboxylic acid groups (broad SMARTS) is 1. The van der Waals surface area contributed by atoms with E-state index in [1.165, 1.54) is 9.75 Å². The zero-order valence-corrected chi connectivity index (χ0v) is 20.1. The fourth-order valence-corrected chi connectivity index (χ4v) is 5.79. The van der Waals surface area contributed by atoms with Gasteiger partial charge in [0.25, 0.3) is 0 Å². The fraction of sp³-hybridized carbons (Fsp3) is 0.565. The quantitative estimate of drug-likeness (QED) is 0.519. The Balaban J connectivity index is 0.000000357. The Morgan fingerprint density at radius 1 is 1.16 bits per heavy atom. The Morgan fingerprint density at radius 2 is 1.84 bits per heavy atom. The lowest BCUT2D eigenvalue weighted by Crippen LogP contribution is -2.48. The minimum atomic E-state index is -0.845. The Morgan fingerprint density at radius 3 is 2.35 bits per heavy atom. The average molecular weight is 466 g/mol. The SMILES string of the molecule is CN(C)C1(c2cccs2)CCC(NC(=O)CCCC(=O)O)CC1.NCCc1cccs1. The van der Waals surface area contributed by atoms with Gasteiger partial charge in [0.05, 0.1) is 5.54 Å². The van der Waals surface area contributed by atoms with E-state index in [1.807, 2.05) is 0 Å². The summed E-state index contributed by atoms with van der Waals surface area (Å²) in [5.74, 6) is -0.869. The van der Waals surface area contributed by atoms with Crippen molar-refractivity contribution in [3.8, 4) is 0 Å². The third-order valence-corrected chi connectivity index (χ3v) is 7.78. The van der Waals surface area contributed by atoms with E-state index < -0.39 is 5.97 Å². The van der Waals surface area contributed by atoms with Gasteiger partial charge in [0.1, 0.15) is 0 Å². The zero-order valence-electron chi connectivity index (χ0n) is 18.5. The molecule has 3 rings (SSSR count). The van der Waals surface area contributed by atoms with E-state index in [-0.39, 0.29) is 23.9 Å². The van der Waals surface area contributed by atoms with E-state index in [0.717, 1.165) is 38.6 Å². The van der Waals surface area contributed by atoms with Gasteiger partial charge in [-0.05, 0) is 82.1 Å². The number of hydrogen-bond acceptors (Lipinski definition) is 6. The molecular formula is C23H35N3O3S2. The number of hydrogen-bond donors (Lipinski definition) is 3. The van der Waals surface area contributed by atoms with Crippen LogP contribution in [0.3, 0.4) is 0 Å². The maximum absolute atomic E-state index is 11.9. The van der Waals surface area contributed by atoms with E-state index in [2.05, 4.69) is 59.3 Å². The highest BCUT2D eigenvalue weighted by molar-refractivity contribution is 7.10. The van der Waals surface area contributed by atoms with Crippen LogP contribution in [0, 0.1) is 0 Å². The molecule has 0 saturated heterocycles. The summed E-state index contributed by atoms with van der Waals surface area (Å²) in [6.45, 7) is 0.764. The molecule has 2 aromatic rings. The number of carbonyl (C=O) groups is 2. The molecule has 6 nitrogen and oxygen atoms in total. The van der Waals surface area contributed by atoms with Gasteiger partial charge in [-0.1, -0.05) is 12.1 Å². The standard InChI is InChI=1S/C17H26N2O3S.C6H9NS/c1-19(2)17(14-5-4-12-23-14)10-8-13(9-11-17)18-15(20)6-3-7-16(21)22;7-4-3-6-2-1-5-8-6/h4-5,12-13H,3,6-11H2,1-2H3,(H,18,20)(H,21,22);1-2,5H,3-4,7H2. The third-order valence-electron chi connectivity index (χ3n) is 5.78. The van der Waals surface area contributed by atoms with E-state index in [0.29, 0.717) is 12.8 Å². The summed E-state index contributed by atoms with van der Waals surface area (Å²) >= 11 is 3.57. The number of aliphatic carboxylic acids is 1. The van der Waals surface area contributed by atoms with Crippen LogP contribution in [-0.2, 0) is 21.5 Å². The van der Waals surface area contributed by atoms with Crippen molar-refractivity contribution in [2.45, 2.75) is 62.9 Å². The molecule has 0 unspecified atom stereocenters. The second-order valence-electron chi connectivity index (χ2n) is 8.11. The highest BCUT2D eigenvalue weighted by Crippen LogP contribution is 2.42. The summed E-state index contributed by atoms with van der Waals surface area (Å²) in [6.07, 6.45) is 5.76. The second kappa shape index (κ2) is 13.0. The molecule has 0 bridgehead atoms. The number of nitrogens with two attached hydrogens (primary N) is 1. The molecule has 172 valence electrons. The van der Waals surface area contributed by atoms with Crippen LogP contribution in [0.15, 0.2) is 35.0 Å². The third kappa shape index (κ3) is 8.03. The van der Waals surface area contributed by atoms with Crippen molar-refractivity contribution in [3.63, 3.8) is 0 Å². The van der Waals surface area contributed by atoms with Gasteiger partial charge in [-0.25, -0.2) is 0 Å². The minimum absolute atomic E-state index is 0.0234. The smallest absolute Gasteiger partial charge is 0.303 e. The van der Waals surface area contributed by atoms with Crippen molar-refractivity contribution in [3.05, 3.63) is 44.8 Å². The van der Waals surface area contributed by atoms with Crippen LogP contribution in [0.25, 0.3) is 0 Å². The van der Waals surface area contributed by atoms with Crippen LogP contribution in [0.5, 0.6) is 0 Å². The van der Waals surface area contributed by atoms with E-state index in [4.69, 9.17) is 10.8 Å². The molecule has 1 fully saturated rings. The molecule has 2 aromatic heterocycles. The lowest BCUT2D eigenvalue weighted by atomic mass is 9.77. The number of nitrogens with zero attached hydrogens (tertiary/aromatic N) is 1. The molecule has 0 aliphatic heterocycles. The van der Waals surface area contributed by atoms with Crippen LogP contribution < -0.4 is 11.1 Å². The van der Waals surface area contributed by atoms with E-state index in [1.54, 1.807) is 22.7 Å². The van der Waals surface area contributed by atoms with Gasteiger partial charge in [0.2, 0.25) is 5.91 Å². The first-order valence-corrected chi connectivity index (χ1v) is 12.6. The maximum atomic E-state index is 11.9. The second-order valence-corrected chi connectivity index (χ2v) is 10.1. The Hall–Kier alpha value is -1.74. The van der Waals surface area contributed by atoms with Crippen LogP contribution >= 0.6 is 22.7 Å². The monoisotopic (exact) mass is 465 g/mol. The van der Waals surface area contributed by atoms with Crippen molar-refractivity contribution < 1.29 is 14.7 Å². The highest BCUT2D eigenvalue weighted by Gasteiger charge is 2.39. The zero-order chi connectivity index (χ0) is 22.7. The van der Waals surface area contributed by atoms with Gasteiger partial charge in [0, 0.05) is 28.6 Å². The predicted octanol–water partition coefficient (Wildman–Crippen LogP) is 4.07. The molecule has 1 aliphatic rings. The molecule has 1 amide bonds. The van der Waals surface area contributed by atoms with Gasteiger partial charge < -0.3 is 16.2 Å². The van der Waals surface area contributed by atoms with Crippen molar-refractivity contribution in [2.24, 2.45) is 5.73 Å². The minimum Gasteiger partial charge on any atom is -0.481 e. The normalized spacial score (nSPS) is 20.7. The van der Waals surface area contributed by atoms with Crippen molar-refractivity contribution in [1.29, 1.82) is 0 Å². The average Bonchev–Trinajstić information content (AvgIpc) is 3.43. The first-order chi connectivity index (χ1) is 14.9. The lowest BCUT2D eigenvalue weighted by molar-refractivity contribution is -0.137. The molecule has 4 N–H and O–H groups in total. The largest absolute Gasteiger partial charge is 0.481 e.